The van der Waals surface area contributed by atoms with E-state index in [1.807, 2.05) is 36.4 Å². The van der Waals surface area contributed by atoms with Crippen LogP contribution in [-0.2, 0) is 4.79 Å². The summed E-state index contributed by atoms with van der Waals surface area (Å²) >= 11 is 6.06. The van der Waals surface area contributed by atoms with E-state index in [4.69, 9.17) is 11.6 Å². The third kappa shape index (κ3) is 2.43. The lowest BCUT2D eigenvalue weighted by atomic mass is 10.0. The number of aldehydes is 1. The lowest BCUT2D eigenvalue weighted by molar-refractivity contribution is -0.104. The summed E-state index contributed by atoms with van der Waals surface area (Å²) in [4.78, 5) is 11.2. The van der Waals surface area contributed by atoms with Crippen LogP contribution in [0.15, 0.2) is 81.5 Å². The van der Waals surface area contributed by atoms with E-state index < -0.39 is 0 Å². The van der Waals surface area contributed by atoms with Gasteiger partial charge in [0.15, 0.2) is 6.29 Å². The minimum Gasteiger partial charge on any atom is -0.298 e. The van der Waals surface area contributed by atoms with Gasteiger partial charge in [-0.05, 0) is 23.3 Å². The molecule has 0 heterocycles. The Kier molecular flexibility index (Phi) is 3.71. The summed E-state index contributed by atoms with van der Waals surface area (Å²) in [6, 6.07) is 16.3. The van der Waals surface area contributed by atoms with E-state index in [9.17, 15) is 4.79 Å². The number of rotatable bonds is 2. The Bertz CT molecular complexity index is 920. The van der Waals surface area contributed by atoms with Crippen LogP contribution in [0.1, 0.15) is 17.5 Å². The molecule has 0 fully saturated rings. The highest BCUT2D eigenvalue weighted by molar-refractivity contribution is 6.33. The van der Waals surface area contributed by atoms with Crippen molar-refractivity contribution in [2.75, 3.05) is 0 Å². The molecule has 2 aromatic rings. The van der Waals surface area contributed by atoms with Crippen LogP contribution in [0, 0.1) is 0 Å². The van der Waals surface area contributed by atoms with Gasteiger partial charge in [0.25, 0.3) is 0 Å². The van der Waals surface area contributed by atoms with E-state index in [0.717, 1.165) is 34.3 Å². The van der Waals surface area contributed by atoms with Gasteiger partial charge in [-0.15, -0.1) is 5.10 Å². The minimum atomic E-state index is 0.423. The third-order valence-corrected chi connectivity index (χ3v) is 4.43. The largest absolute Gasteiger partial charge is 0.298 e. The van der Waals surface area contributed by atoms with E-state index >= 15 is 0 Å². The highest BCUT2D eigenvalue weighted by atomic mass is 35.5. The van der Waals surface area contributed by atoms with Crippen molar-refractivity contribution in [3.05, 3.63) is 82.4 Å². The number of nitrogens with zero attached hydrogens (tertiary/aromatic N) is 2. The molecule has 0 bridgehead atoms. The molecule has 0 amide bonds. The molecule has 2 aliphatic rings. The van der Waals surface area contributed by atoms with Crippen LogP contribution < -0.4 is 0 Å². The summed E-state index contributed by atoms with van der Waals surface area (Å²) in [5, 5.41) is 9.47. The van der Waals surface area contributed by atoms with Crippen LogP contribution in [0.25, 0.3) is 11.1 Å². The number of fused-ring (bicyclic) bond motifs is 3. The van der Waals surface area contributed by atoms with E-state index in [0.29, 0.717) is 22.7 Å². The predicted molar refractivity (Wildman–Crippen MR) is 97.7 cm³/mol. The van der Waals surface area contributed by atoms with Gasteiger partial charge in [0.05, 0.1) is 5.71 Å². The van der Waals surface area contributed by atoms with Crippen LogP contribution in [0.3, 0.4) is 0 Å². The molecule has 0 spiro atoms. The van der Waals surface area contributed by atoms with Gasteiger partial charge < -0.3 is 0 Å². The number of carbonyl (C=O) groups is 1. The van der Waals surface area contributed by atoms with Crippen LogP contribution in [-0.4, -0.2) is 17.7 Å². The predicted octanol–water partition coefficient (Wildman–Crippen LogP) is 4.51. The number of halogens is 1. The first-order valence-electron chi connectivity index (χ1n) is 7.63. The van der Waals surface area contributed by atoms with Gasteiger partial charge in [-0.3, -0.25) is 4.79 Å². The average molecular weight is 333 g/mol. The van der Waals surface area contributed by atoms with Crippen molar-refractivity contribution in [2.24, 2.45) is 10.2 Å². The van der Waals surface area contributed by atoms with Gasteiger partial charge in [0.1, 0.15) is 5.71 Å². The Morgan fingerprint density at radius 2 is 1.42 bits per heavy atom. The fraction of sp³-hybridized carbons (Fsp3) is 0.0500. The fourth-order valence-electron chi connectivity index (χ4n) is 3.01. The maximum atomic E-state index is 11.2. The molecule has 0 saturated carbocycles. The van der Waals surface area contributed by atoms with Gasteiger partial charge in [-0.25, -0.2) is 0 Å². The molecule has 4 rings (SSSR count). The van der Waals surface area contributed by atoms with Crippen molar-refractivity contribution in [1.29, 1.82) is 0 Å². The van der Waals surface area contributed by atoms with Gasteiger partial charge in [0.2, 0.25) is 0 Å². The lowest BCUT2D eigenvalue weighted by Crippen LogP contribution is -2.08. The Morgan fingerprint density at radius 3 is 2.00 bits per heavy atom. The first-order chi connectivity index (χ1) is 11.8. The van der Waals surface area contributed by atoms with E-state index in [1.54, 1.807) is 12.2 Å². The SMILES string of the molecule is O=CC1=CC=C(Cl)CC1=NN=C1c2ccccc2-c2ccccc21. The second-order valence-electron chi connectivity index (χ2n) is 5.62. The number of allylic oxidation sites excluding steroid dienone is 4. The van der Waals surface area contributed by atoms with Crippen LogP contribution in [0.4, 0.5) is 0 Å². The first kappa shape index (κ1) is 14.8. The molecule has 24 heavy (non-hydrogen) atoms. The molecule has 0 radical (unpaired) electrons. The molecule has 2 aromatic carbocycles. The van der Waals surface area contributed by atoms with Gasteiger partial charge in [-0.2, -0.15) is 5.10 Å². The molecular weight excluding hydrogens is 320 g/mol. The Hall–Kier alpha value is -2.78. The lowest BCUT2D eigenvalue weighted by Gasteiger charge is -2.08. The maximum absolute atomic E-state index is 11.2. The summed E-state index contributed by atoms with van der Waals surface area (Å²) in [5.74, 6) is 0. The van der Waals surface area contributed by atoms with Gasteiger partial charge in [0, 0.05) is 28.2 Å². The second kappa shape index (κ2) is 6.02. The van der Waals surface area contributed by atoms with Crippen molar-refractivity contribution in [3.63, 3.8) is 0 Å². The molecule has 4 heteroatoms. The Morgan fingerprint density at radius 1 is 0.833 bits per heavy atom. The highest BCUT2D eigenvalue weighted by Gasteiger charge is 2.24. The zero-order chi connectivity index (χ0) is 16.5. The number of benzene rings is 2. The Balaban J connectivity index is 1.84. The van der Waals surface area contributed by atoms with Crippen LogP contribution >= 0.6 is 11.6 Å². The highest BCUT2D eigenvalue weighted by Crippen LogP contribution is 2.36. The summed E-state index contributed by atoms with van der Waals surface area (Å²) in [5.41, 5.74) is 6.34. The average Bonchev–Trinajstić information content (AvgIpc) is 2.94. The van der Waals surface area contributed by atoms with Crippen LogP contribution in [0.2, 0.25) is 0 Å². The number of hydrogen-bond donors (Lipinski definition) is 0. The quantitative estimate of drug-likeness (QED) is 0.503. The third-order valence-electron chi connectivity index (χ3n) is 4.17. The molecule has 116 valence electrons. The van der Waals surface area contributed by atoms with Gasteiger partial charge in [-0.1, -0.05) is 60.1 Å². The Labute approximate surface area is 144 Å². The topological polar surface area (TPSA) is 41.8 Å². The first-order valence-corrected chi connectivity index (χ1v) is 8.01. The van der Waals surface area contributed by atoms with Crippen LogP contribution in [0.5, 0.6) is 0 Å². The minimum absolute atomic E-state index is 0.423. The smallest absolute Gasteiger partial charge is 0.151 e. The van der Waals surface area contributed by atoms with Crippen molar-refractivity contribution >= 4 is 29.3 Å². The van der Waals surface area contributed by atoms with Crippen molar-refractivity contribution in [1.82, 2.24) is 0 Å². The monoisotopic (exact) mass is 332 g/mol. The molecule has 0 aromatic heterocycles. The number of hydrogen-bond acceptors (Lipinski definition) is 3. The molecule has 0 saturated heterocycles. The maximum Gasteiger partial charge on any atom is 0.151 e. The zero-order valence-electron chi connectivity index (χ0n) is 12.7. The molecule has 0 aliphatic heterocycles. The number of carbonyl (C=O) groups excluding carboxylic acids is 1. The van der Waals surface area contributed by atoms with Crippen molar-refractivity contribution < 1.29 is 4.79 Å². The zero-order valence-corrected chi connectivity index (χ0v) is 13.5. The summed E-state index contributed by atoms with van der Waals surface area (Å²) in [6.45, 7) is 0. The second-order valence-corrected chi connectivity index (χ2v) is 6.10. The standard InChI is InChI=1S/C20H13ClN2O/c21-14-10-9-13(12-24)19(11-14)22-23-20-17-7-3-1-5-15(17)16-6-2-4-8-18(16)20/h1-10,12H,11H2. The van der Waals surface area contributed by atoms with Gasteiger partial charge >= 0.3 is 0 Å². The van der Waals surface area contributed by atoms with E-state index in [2.05, 4.69) is 22.3 Å². The normalized spacial score (nSPS) is 17.0. The summed E-state index contributed by atoms with van der Waals surface area (Å²) in [6.07, 6.45) is 4.60. The molecular formula is C20H13ClN2O. The van der Waals surface area contributed by atoms with Crippen molar-refractivity contribution in [3.8, 4) is 11.1 Å². The van der Waals surface area contributed by atoms with Crippen molar-refractivity contribution in [2.45, 2.75) is 6.42 Å². The molecule has 3 nitrogen and oxygen atoms in total. The van der Waals surface area contributed by atoms with E-state index in [1.165, 1.54) is 0 Å². The fourth-order valence-corrected chi connectivity index (χ4v) is 3.20. The summed E-state index contributed by atoms with van der Waals surface area (Å²) < 4.78 is 0. The molecule has 2 aliphatic carbocycles. The molecule has 0 unspecified atom stereocenters. The molecule has 0 N–H and O–H groups in total. The van der Waals surface area contributed by atoms with E-state index in [-0.39, 0.29) is 0 Å². The summed E-state index contributed by atoms with van der Waals surface area (Å²) in [7, 11) is 0. The molecule has 0 atom stereocenters.